The van der Waals surface area contributed by atoms with Gasteiger partial charge in [0, 0.05) is 29.9 Å². The molecule has 0 saturated carbocycles. The lowest BCUT2D eigenvalue weighted by molar-refractivity contribution is 0.104. The van der Waals surface area contributed by atoms with Crippen LogP contribution in [-0.2, 0) is 0 Å². The van der Waals surface area contributed by atoms with Gasteiger partial charge in [0.1, 0.15) is 0 Å². The number of fused-ring (bicyclic) bond motifs is 3. The van der Waals surface area contributed by atoms with Gasteiger partial charge in [-0.3, -0.25) is 4.79 Å². The molecular weight excluding hydrogens is 390 g/mol. The molecule has 1 aliphatic rings. The third kappa shape index (κ3) is 4.06. The fourth-order valence-electron chi connectivity index (χ4n) is 4.04. The number of nitrogens with zero attached hydrogens (tertiary/aromatic N) is 1. The van der Waals surface area contributed by atoms with E-state index in [0.717, 1.165) is 47.5 Å². The van der Waals surface area contributed by atoms with Crippen LogP contribution in [0, 0.1) is 0 Å². The second-order valence-corrected chi connectivity index (χ2v) is 8.01. The number of rotatable bonds is 6. The van der Waals surface area contributed by atoms with Crippen molar-refractivity contribution in [2.75, 3.05) is 13.1 Å². The summed E-state index contributed by atoms with van der Waals surface area (Å²) in [6.07, 6.45) is 7.49. The summed E-state index contributed by atoms with van der Waals surface area (Å²) in [5.41, 5.74) is 2.89. The predicted octanol–water partition coefficient (Wildman–Crippen LogP) is 7.24. The minimum Gasteiger partial charge on any atom is -0.378 e. The quantitative estimate of drug-likeness (QED) is 0.240. The number of halogens is 1. The van der Waals surface area contributed by atoms with E-state index in [4.69, 9.17) is 11.6 Å². The third-order valence-corrected chi connectivity index (χ3v) is 6.33. The van der Waals surface area contributed by atoms with E-state index in [9.17, 15) is 4.79 Å². The predicted molar refractivity (Wildman–Crippen MR) is 128 cm³/mol. The van der Waals surface area contributed by atoms with E-state index >= 15 is 0 Å². The van der Waals surface area contributed by atoms with Crippen molar-refractivity contribution >= 4 is 38.9 Å². The maximum Gasteiger partial charge on any atom is 0.185 e. The van der Waals surface area contributed by atoms with Gasteiger partial charge in [-0.05, 0) is 71.5 Å². The Kier molecular flexibility index (Phi) is 6.06. The number of carbonyl (C=O) groups excluding carboxylic acids is 1. The number of carbonyl (C=O) groups is 1. The van der Waals surface area contributed by atoms with Crippen molar-refractivity contribution in [1.29, 1.82) is 0 Å². The van der Waals surface area contributed by atoms with Gasteiger partial charge in [0.05, 0.1) is 0 Å². The molecular formula is C27H26ClNO. The summed E-state index contributed by atoms with van der Waals surface area (Å²) in [4.78, 5) is 15.0. The standard InChI is InChI=1S/C27H26ClNO/c1-3-29(4-2)18-23-12-10-20(27(23)28)14-16-26(30)22-13-15-25-21(17-22)11-9-19-7-5-6-8-24(19)25/h5-9,11,13-18H,3-4,10,12H2,1-2H3/b16-14+,23-18+. The minimum atomic E-state index is 0.00296. The molecule has 30 heavy (non-hydrogen) atoms. The van der Waals surface area contributed by atoms with Crippen LogP contribution in [0.4, 0.5) is 0 Å². The Balaban J connectivity index is 1.58. The van der Waals surface area contributed by atoms with E-state index in [1.807, 2.05) is 36.4 Å². The molecule has 0 amide bonds. The Labute approximate surface area is 183 Å². The SMILES string of the molecule is CCN(/C=C1\CCC(/C=C/C(=O)c2ccc3c(ccc4ccccc43)c2)=C1Cl)CC. The fourth-order valence-corrected chi connectivity index (χ4v) is 4.34. The van der Waals surface area contributed by atoms with Crippen LogP contribution in [0.1, 0.15) is 37.0 Å². The zero-order valence-corrected chi connectivity index (χ0v) is 18.2. The number of hydrogen-bond donors (Lipinski definition) is 0. The second-order valence-electron chi connectivity index (χ2n) is 7.63. The molecule has 1 aliphatic carbocycles. The molecule has 2 nitrogen and oxygen atoms in total. The second kappa shape index (κ2) is 8.89. The maximum atomic E-state index is 12.8. The van der Waals surface area contributed by atoms with E-state index in [0.29, 0.717) is 5.56 Å². The molecule has 4 rings (SSSR count). The molecule has 0 bridgehead atoms. The summed E-state index contributed by atoms with van der Waals surface area (Å²) in [6.45, 7) is 6.20. The van der Waals surface area contributed by atoms with Crippen molar-refractivity contribution in [2.24, 2.45) is 0 Å². The van der Waals surface area contributed by atoms with E-state index in [2.05, 4.69) is 49.2 Å². The Bertz CT molecular complexity index is 1200. The van der Waals surface area contributed by atoms with E-state index in [1.165, 1.54) is 16.2 Å². The lowest BCUT2D eigenvalue weighted by Gasteiger charge is -2.16. The van der Waals surface area contributed by atoms with Crippen molar-refractivity contribution in [3.8, 4) is 0 Å². The van der Waals surface area contributed by atoms with Crippen molar-refractivity contribution in [1.82, 2.24) is 4.90 Å². The Morgan fingerprint density at radius 1 is 0.967 bits per heavy atom. The van der Waals surface area contributed by atoms with Crippen LogP contribution in [0.3, 0.4) is 0 Å². The van der Waals surface area contributed by atoms with Crippen LogP contribution < -0.4 is 0 Å². The van der Waals surface area contributed by atoms with E-state index in [1.54, 1.807) is 6.08 Å². The van der Waals surface area contributed by atoms with Crippen LogP contribution in [0.2, 0.25) is 0 Å². The van der Waals surface area contributed by atoms with Crippen LogP contribution in [0.15, 0.2) is 89.1 Å². The first-order chi connectivity index (χ1) is 14.6. The summed E-state index contributed by atoms with van der Waals surface area (Å²) in [5.74, 6) is 0.00296. The van der Waals surface area contributed by atoms with E-state index in [-0.39, 0.29) is 5.78 Å². The maximum absolute atomic E-state index is 12.8. The van der Waals surface area contributed by atoms with Crippen molar-refractivity contribution < 1.29 is 4.79 Å². The average molecular weight is 416 g/mol. The lowest BCUT2D eigenvalue weighted by atomic mass is 9.99. The van der Waals surface area contributed by atoms with Crippen LogP contribution in [-0.4, -0.2) is 23.8 Å². The highest BCUT2D eigenvalue weighted by Gasteiger charge is 2.17. The number of benzene rings is 3. The van der Waals surface area contributed by atoms with Gasteiger partial charge in [-0.25, -0.2) is 0 Å². The molecule has 3 aromatic carbocycles. The number of allylic oxidation sites excluding steroid dienone is 5. The summed E-state index contributed by atoms with van der Waals surface area (Å²) < 4.78 is 0. The molecule has 0 atom stereocenters. The zero-order valence-electron chi connectivity index (χ0n) is 17.5. The monoisotopic (exact) mass is 415 g/mol. The van der Waals surface area contributed by atoms with E-state index < -0.39 is 0 Å². The molecule has 0 aliphatic heterocycles. The number of hydrogen-bond acceptors (Lipinski definition) is 2. The Morgan fingerprint density at radius 3 is 2.50 bits per heavy atom. The van der Waals surface area contributed by atoms with Crippen molar-refractivity contribution in [2.45, 2.75) is 26.7 Å². The highest BCUT2D eigenvalue weighted by molar-refractivity contribution is 6.33. The van der Waals surface area contributed by atoms with Crippen LogP contribution >= 0.6 is 11.6 Å². The van der Waals surface area contributed by atoms with Gasteiger partial charge in [-0.1, -0.05) is 66.2 Å². The Morgan fingerprint density at radius 2 is 1.70 bits per heavy atom. The average Bonchev–Trinajstić information content (AvgIpc) is 3.14. The van der Waals surface area contributed by atoms with Gasteiger partial charge in [0.15, 0.2) is 5.78 Å². The molecule has 0 N–H and O–H groups in total. The molecule has 0 spiro atoms. The van der Waals surface area contributed by atoms with Gasteiger partial charge in [0.25, 0.3) is 0 Å². The summed E-state index contributed by atoms with van der Waals surface area (Å²) in [6, 6.07) is 18.4. The molecule has 0 fully saturated rings. The molecule has 0 unspecified atom stereocenters. The Hall–Kier alpha value is -2.84. The summed E-state index contributed by atoms with van der Waals surface area (Å²) in [7, 11) is 0. The van der Waals surface area contributed by atoms with Crippen molar-refractivity contribution in [3.63, 3.8) is 0 Å². The van der Waals surface area contributed by atoms with Gasteiger partial charge < -0.3 is 4.90 Å². The highest BCUT2D eigenvalue weighted by atomic mass is 35.5. The molecule has 3 heteroatoms. The van der Waals surface area contributed by atoms with Gasteiger partial charge in [-0.15, -0.1) is 0 Å². The third-order valence-electron chi connectivity index (χ3n) is 5.84. The molecule has 3 aromatic rings. The normalized spacial score (nSPS) is 15.8. The molecule has 152 valence electrons. The molecule has 0 saturated heterocycles. The fraction of sp³-hybridized carbons (Fsp3) is 0.222. The molecule has 0 aromatic heterocycles. The van der Waals surface area contributed by atoms with Crippen molar-refractivity contribution in [3.05, 3.63) is 94.7 Å². The lowest BCUT2D eigenvalue weighted by Crippen LogP contribution is -2.16. The number of ketones is 1. The first kappa shape index (κ1) is 20.4. The minimum absolute atomic E-state index is 0.00296. The summed E-state index contributed by atoms with van der Waals surface area (Å²) in [5, 5.41) is 5.45. The largest absolute Gasteiger partial charge is 0.378 e. The first-order valence-corrected chi connectivity index (χ1v) is 11.0. The topological polar surface area (TPSA) is 20.3 Å². The van der Waals surface area contributed by atoms with Crippen LogP contribution in [0.25, 0.3) is 21.5 Å². The smallest absolute Gasteiger partial charge is 0.185 e. The van der Waals surface area contributed by atoms with Crippen LogP contribution in [0.5, 0.6) is 0 Å². The first-order valence-electron chi connectivity index (χ1n) is 10.6. The summed E-state index contributed by atoms with van der Waals surface area (Å²) >= 11 is 6.59. The molecule has 0 heterocycles. The zero-order chi connectivity index (χ0) is 21.1. The molecule has 0 radical (unpaired) electrons. The van der Waals surface area contributed by atoms with Gasteiger partial charge in [-0.2, -0.15) is 0 Å². The van der Waals surface area contributed by atoms with Gasteiger partial charge in [0.2, 0.25) is 0 Å². The van der Waals surface area contributed by atoms with Gasteiger partial charge >= 0.3 is 0 Å². The highest BCUT2D eigenvalue weighted by Crippen LogP contribution is 2.35.